The predicted octanol–water partition coefficient (Wildman–Crippen LogP) is 4.16. The van der Waals surface area contributed by atoms with Gasteiger partial charge in [0, 0.05) is 14.8 Å². The zero-order valence-electron chi connectivity index (χ0n) is 10.3. The Morgan fingerprint density at radius 2 is 1.83 bits per heavy atom. The van der Waals surface area contributed by atoms with Gasteiger partial charge in [-0.25, -0.2) is 0 Å². The summed E-state index contributed by atoms with van der Waals surface area (Å²) in [5, 5.41) is 2.95. The number of benzene rings is 2. The Balaban J connectivity index is 2.24. The van der Waals surface area contributed by atoms with Gasteiger partial charge in [0.25, 0.3) is 5.91 Å². The Morgan fingerprint density at radius 3 is 2.56 bits per heavy atom. The molecule has 2 rings (SSSR count). The van der Waals surface area contributed by atoms with Gasteiger partial charge in [-0.15, -0.1) is 0 Å². The van der Waals surface area contributed by atoms with Crippen LogP contribution in [0.2, 0.25) is 0 Å². The molecule has 0 radical (unpaired) electrons. The van der Waals surface area contributed by atoms with E-state index in [4.69, 9.17) is 0 Å². The Morgan fingerprint density at radius 1 is 1.11 bits per heavy atom. The Hall–Kier alpha value is -1.36. The number of hydrogen-bond acceptors (Lipinski definition) is 1. The molecule has 1 N–H and O–H groups in total. The van der Waals surface area contributed by atoms with Crippen molar-refractivity contribution in [3.63, 3.8) is 0 Å². The van der Waals surface area contributed by atoms with Crippen molar-refractivity contribution in [1.29, 1.82) is 0 Å². The summed E-state index contributed by atoms with van der Waals surface area (Å²) < 4.78 is 1.15. The highest BCUT2D eigenvalue weighted by molar-refractivity contribution is 14.1. The van der Waals surface area contributed by atoms with Gasteiger partial charge < -0.3 is 5.32 Å². The van der Waals surface area contributed by atoms with E-state index >= 15 is 0 Å². The average Bonchev–Trinajstić information content (AvgIpc) is 2.35. The van der Waals surface area contributed by atoms with E-state index in [9.17, 15) is 4.79 Å². The van der Waals surface area contributed by atoms with Gasteiger partial charge in [0.2, 0.25) is 0 Å². The number of rotatable bonds is 2. The number of halogens is 1. The topological polar surface area (TPSA) is 29.1 Å². The number of carbonyl (C=O) groups is 1. The summed E-state index contributed by atoms with van der Waals surface area (Å²) in [5.41, 5.74) is 3.74. The summed E-state index contributed by atoms with van der Waals surface area (Å²) in [6.45, 7) is 3.99. The van der Waals surface area contributed by atoms with Crippen molar-refractivity contribution in [3.8, 4) is 0 Å². The summed E-state index contributed by atoms with van der Waals surface area (Å²) in [4.78, 5) is 12.1. The summed E-state index contributed by atoms with van der Waals surface area (Å²) >= 11 is 2.27. The van der Waals surface area contributed by atoms with E-state index < -0.39 is 0 Å². The average molecular weight is 351 g/mol. The highest BCUT2D eigenvalue weighted by atomic mass is 127. The molecule has 0 aromatic heterocycles. The number of nitrogens with one attached hydrogen (secondary N) is 1. The van der Waals surface area contributed by atoms with Crippen LogP contribution in [0.3, 0.4) is 0 Å². The third-order valence-electron chi connectivity index (χ3n) is 2.80. The Bertz CT molecular complexity index is 593. The quantitative estimate of drug-likeness (QED) is 0.809. The van der Waals surface area contributed by atoms with Crippen LogP contribution in [0, 0.1) is 17.4 Å². The molecule has 2 aromatic carbocycles. The van der Waals surface area contributed by atoms with Gasteiger partial charge in [-0.1, -0.05) is 23.8 Å². The van der Waals surface area contributed by atoms with Crippen molar-refractivity contribution in [3.05, 3.63) is 62.7 Å². The molecule has 0 saturated carbocycles. The van der Waals surface area contributed by atoms with Crippen molar-refractivity contribution in [2.45, 2.75) is 13.8 Å². The fourth-order valence-electron chi connectivity index (χ4n) is 1.72. The van der Waals surface area contributed by atoms with Crippen molar-refractivity contribution in [2.24, 2.45) is 0 Å². The molecule has 2 nitrogen and oxygen atoms in total. The molecule has 3 heteroatoms. The lowest BCUT2D eigenvalue weighted by Gasteiger charge is -2.10. The van der Waals surface area contributed by atoms with Gasteiger partial charge in [0.15, 0.2) is 0 Å². The zero-order valence-corrected chi connectivity index (χ0v) is 12.5. The first-order valence-corrected chi connectivity index (χ1v) is 6.79. The first-order chi connectivity index (χ1) is 8.58. The number of aryl methyl sites for hydroxylation is 1. The molecule has 0 atom stereocenters. The molecule has 92 valence electrons. The van der Waals surface area contributed by atoms with Crippen LogP contribution in [-0.4, -0.2) is 5.91 Å². The molecule has 0 aliphatic carbocycles. The third kappa shape index (κ3) is 2.90. The van der Waals surface area contributed by atoms with E-state index in [0.717, 1.165) is 20.4 Å². The lowest BCUT2D eigenvalue weighted by atomic mass is 10.1. The minimum atomic E-state index is -0.0659. The minimum Gasteiger partial charge on any atom is -0.322 e. The van der Waals surface area contributed by atoms with Crippen molar-refractivity contribution < 1.29 is 4.79 Å². The predicted molar refractivity (Wildman–Crippen MR) is 83.0 cm³/mol. The first-order valence-electron chi connectivity index (χ1n) is 5.71. The maximum Gasteiger partial charge on any atom is 0.255 e. The van der Waals surface area contributed by atoms with Gasteiger partial charge in [-0.05, 0) is 66.3 Å². The molecule has 0 bridgehead atoms. The number of carbonyl (C=O) groups excluding carboxylic acids is 1. The maximum absolute atomic E-state index is 12.1. The van der Waals surface area contributed by atoms with Crippen LogP contribution in [0.25, 0.3) is 0 Å². The fraction of sp³-hybridized carbons (Fsp3) is 0.133. The van der Waals surface area contributed by atoms with Crippen LogP contribution in [0.4, 0.5) is 5.69 Å². The first kappa shape index (κ1) is 13.1. The summed E-state index contributed by atoms with van der Waals surface area (Å²) in [5.74, 6) is -0.0659. The number of amides is 1. The minimum absolute atomic E-state index is 0.0659. The maximum atomic E-state index is 12.1. The van der Waals surface area contributed by atoms with Crippen LogP contribution in [0.1, 0.15) is 21.5 Å². The number of hydrogen-bond donors (Lipinski definition) is 1. The molecule has 0 saturated heterocycles. The van der Waals surface area contributed by atoms with Crippen LogP contribution in [-0.2, 0) is 0 Å². The van der Waals surface area contributed by atoms with E-state index in [0.29, 0.717) is 5.56 Å². The standard InChI is InChI=1S/C15H14INO/c1-10-5-3-6-12(9-10)15(18)17-14-8-4-7-13(16)11(14)2/h3-9H,1-2H3,(H,17,18). The van der Waals surface area contributed by atoms with E-state index in [1.807, 2.05) is 56.3 Å². The third-order valence-corrected chi connectivity index (χ3v) is 3.96. The molecule has 1 amide bonds. The molecule has 2 aromatic rings. The lowest BCUT2D eigenvalue weighted by molar-refractivity contribution is 0.102. The molecule has 18 heavy (non-hydrogen) atoms. The van der Waals surface area contributed by atoms with Crippen LogP contribution < -0.4 is 5.32 Å². The second-order valence-electron chi connectivity index (χ2n) is 4.24. The smallest absolute Gasteiger partial charge is 0.255 e. The monoisotopic (exact) mass is 351 g/mol. The molecule has 0 fully saturated rings. The molecule has 0 unspecified atom stereocenters. The summed E-state index contributed by atoms with van der Waals surface area (Å²) in [7, 11) is 0. The van der Waals surface area contributed by atoms with Crippen molar-refractivity contribution >= 4 is 34.2 Å². The highest BCUT2D eigenvalue weighted by Crippen LogP contribution is 2.21. The van der Waals surface area contributed by atoms with E-state index in [1.54, 1.807) is 0 Å². The van der Waals surface area contributed by atoms with Crippen LogP contribution >= 0.6 is 22.6 Å². The van der Waals surface area contributed by atoms with E-state index in [1.165, 1.54) is 0 Å². The van der Waals surface area contributed by atoms with Crippen LogP contribution in [0.5, 0.6) is 0 Å². The lowest BCUT2D eigenvalue weighted by Crippen LogP contribution is -2.13. The second-order valence-corrected chi connectivity index (χ2v) is 5.40. The number of anilines is 1. The summed E-state index contributed by atoms with van der Waals surface area (Å²) in [6.07, 6.45) is 0. The molecular weight excluding hydrogens is 337 g/mol. The second kappa shape index (κ2) is 5.52. The summed E-state index contributed by atoms with van der Waals surface area (Å²) in [6, 6.07) is 13.5. The fourth-order valence-corrected chi connectivity index (χ4v) is 2.22. The van der Waals surface area contributed by atoms with Crippen molar-refractivity contribution in [1.82, 2.24) is 0 Å². The van der Waals surface area contributed by atoms with Gasteiger partial charge in [-0.2, -0.15) is 0 Å². The molecule has 0 aliphatic rings. The van der Waals surface area contributed by atoms with Gasteiger partial charge in [0.05, 0.1) is 0 Å². The Labute approximate surface area is 121 Å². The van der Waals surface area contributed by atoms with Gasteiger partial charge >= 0.3 is 0 Å². The van der Waals surface area contributed by atoms with E-state index in [-0.39, 0.29) is 5.91 Å². The molecular formula is C15H14INO. The molecule has 0 spiro atoms. The van der Waals surface area contributed by atoms with Gasteiger partial charge in [-0.3, -0.25) is 4.79 Å². The SMILES string of the molecule is Cc1cccc(C(=O)Nc2cccc(I)c2C)c1. The molecule has 0 heterocycles. The van der Waals surface area contributed by atoms with Crippen LogP contribution in [0.15, 0.2) is 42.5 Å². The normalized spacial score (nSPS) is 10.2. The zero-order chi connectivity index (χ0) is 13.1. The van der Waals surface area contributed by atoms with Crippen molar-refractivity contribution in [2.75, 3.05) is 5.32 Å². The van der Waals surface area contributed by atoms with E-state index in [2.05, 4.69) is 27.9 Å². The highest BCUT2D eigenvalue weighted by Gasteiger charge is 2.08. The van der Waals surface area contributed by atoms with Gasteiger partial charge in [0.1, 0.15) is 0 Å². The molecule has 0 aliphatic heterocycles. The Kier molecular flexibility index (Phi) is 4.01. The largest absolute Gasteiger partial charge is 0.322 e.